The number of aromatic carboxylic acids is 1. The zero-order valence-electron chi connectivity index (χ0n) is 14.3. The Labute approximate surface area is 141 Å². The molecular formula is C18H24N2O4. The van der Waals surface area contributed by atoms with Gasteiger partial charge in [-0.1, -0.05) is 13.8 Å². The molecule has 130 valence electrons. The first-order valence-corrected chi connectivity index (χ1v) is 8.22. The van der Waals surface area contributed by atoms with Crippen molar-refractivity contribution in [3.05, 3.63) is 34.9 Å². The number of hydrogen-bond donors (Lipinski definition) is 2. The zero-order valence-corrected chi connectivity index (χ0v) is 14.3. The molecule has 1 aromatic carbocycles. The van der Waals surface area contributed by atoms with E-state index in [0.29, 0.717) is 31.5 Å². The first kappa shape index (κ1) is 18.0. The summed E-state index contributed by atoms with van der Waals surface area (Å²) in [5, 5.41) is 12.1. The number of carboxylic acid groups (broad SMARTS) is 1. The number of carboxylic acids is 1. The summed E-state index contributed by atoms with van der Waals surface area (Å²) in [6, 6.07) is 4.77. The minimum absolute atomic E-state index is 0.0320. The minimum Gasteiger partial charge on any atom is -0.478 e. The monoisotopic (exact) mass is 332 g/mol. The second kappa shape index (κ2) is 7.47. The molecule has 0 radical (unpaired) electrons. The quantitative estimate of drug-likeness (QED) is 0.884. The van der Waals surface area contributed by atoms with Crippen LogP contribution in [-0.4, -0.2) is 46.9 Å². The molecule has 1 aromatic rings. The minimum atomic E-state index is -1.04. The number of hydrogen-bond acceptors (Lipinski definition) is 3. The standard InChI is InChI=1S/C18H24N2O4/c1-11(2)16(21)19-15-4-6-20(7-5-15)17(22)13-8-12(3)9-14(10-13)18(23)24/h8-11,15H,4-7H2,1-3H3,(H,19,21)(H,23,24). The van der Waals surface area contributed by atoms with E-state index in [2.05, 4.69) is 5.32 Å². The second-order valence-corrected chi connectivity index (χ2v) is 6.62. The van der Waals surface area contributed by atoms with Gasteiger partial charge in [0, 0.05) is 30.6 Å². The maximum Gasteiger partial charge on any atom is 0.335 e. The summed E-state index contributed by atoms with van der Waals surface area (Å²) >= 11 is 0. The van der Waals surface area contributed by atoms with Crippen LogP contribution in [0.25, 0.3) is 0 Å². The number of carbonyl (C=O) groups is 3. The molecule has 0 aromatic heterocycles. The van der Waals surface area contributed by atoms with Crippen LogP contribution in [0.4, 0.5) is 0 Å². The number of piperidine rings is 1. The predicted molar refractivity (Wildman–Crippen MR) is 90.0 cm³/mol. The summed E-state index contributed by atoms with van der Waals surface area (Å²) in [6.45, 7) is 6.59. The molecule has 0 saturated carbocycles. The molecule has 0 spiro atoms. The van der Waals surface area contributed by atoms with Gasteiger partial charge >= 0.3 is 5.97 Å². The molecule has 24 heavy (non-hydrogen) atoms. The maximum absolute atomic E-state index is 12.6. The number of nitrogens with zero attached hydrogens (tertiary/aromatic N) is 1. The van der Waals surface area contributed by atoms with Crippen molar-refractivity contribution in [1.29, 1.82) is 0 Å². The van der Waals surface area contributed by atoms with E-state index in [9.17, 15) is 14.4 Å². The summed E-state index contributed by atoms with van der Waals surface area (Å²) in [5.74, 6) is -1.21. The molecule has 2 amide bonds. The Bertz CT molecular complexity index is 646. The smallest absolute Gasteiger partial charge is 0.335 e. The number of benzene rings is 1. The highest BCUT2D eigenvalue weighted by atomic mass is 16.4. The molecule has 6 heteroatoms. The SMILES string of the molecule is Cc1cc(C(=O)O)cc(C(=O)N2CCC(NC(=O)C(C)C)CC2)c1. The molecule has 1 heterocycles. The van der Waals surface area contributed by atoms with Crippen molar-refractivity contribution in [1.82, 2.24) is 10.2 Å². The van der Waals surface area contributed by atoms with Gasteiger partial charge in [-0.15, -0.1) is 0 Å². The Balaban J connectivity index is 2.00. The summed E-state index contributed by atoms with van der Waals surface area (Å²) in [6.07, 6.45) is 1.42. The predicted octanol–water partition coefficient (Wildman–Crippen LogP) is 2.07. The topological polar surface area (TPSA) is 86.7 Å². The molecular weight excluding hydrogens is 308 g/mol. The summed E-state index contributed by atoms with van der Waals surface area (Å²) < 4.78 is 0. The van der Waals surface area contributed by atoms with Crippen LogP contribution in [0.2, 0.25) is 0 Å². The fourth-order valence-electron chi connectivity index (χ4n) is 2.81. The Morgan fingerprint density at radius 1 is 1.12 bits per heavy atom. The molecule has 0 aliphatic carbocycles. The first-order chi connectivity index (χ1) is 11.3. The fourth-order valence-corrected chi connectivity index (χ4v) is 2.81. The van der Waals surface area contributed by atoms with Crippen LogP contribution in [0.15, 0.2) is 18.2 Å². The number of aryl methyl sites for hydroxylation is 1. The third-order valence-corrected chi connectivity index (χ3v) is 4.22. The van der Waals surface area contributed by atoms with Gasteiger partial charge in [0.1, 0.15) is 0 Å². The highest BCUT2D eigenvalue weighted by molar-refractivity contribution is 5.97. The van der Waals surface area contributed by atoms with E-state index < -0.39 is 5.97 Å². The molecule has 1 aliphatic rings. The number of rotatable bonds is 4. The number of carbonyl (C=O) groups excluding carboxylic acids is 2. The van der Waals surface area contributed by atoms with Crippen molar-refractivity contribution < 1.29 is 19.5 Å². The van der Waals surface area contributed by atoms with E-state index in [-0.39, 0.29) is 29.3 Å². The van der Waals surface area contributed by atoms with Crippen molar-refractivity contribution in [2.24, 2.45) is 5.92 Å². The number of likely N-dealkylation sites (tertiary alicyclic amines) is 1. The lowest BCUT2D eigenvalue weighted by Gasteiger charge is -2.33. The molecule has 0 atom stereocenters. The van der Waals surface area contributed by atoms with Crippen molar-refractivity contribution in [2.45, 2.75) is 39.7 Å². The van der Waals surface area contributed by atoms with E-state index in [1.54, 1.807) is 24.0 Å². The van der Waals surface area contributed by atoms with Gasteiger partial charge < -0.3 is 15.3 Å². The van der Waals surface area contributed by atoms with E-state index >= 15 is 0 Å². The van der Waals surface area contributed by atoms with Crippen molar-refractivity contribution in [2.75, 3.05) is 13.1 Å². The molecule has 0 bridgehead atoms. The Morgan fingerprint density at radius 3 is 2.25 bits per heavy atom. The molecule has 1 saturated heterocycles. The average Bonchev–Trinajstić information content (AvgIpc) is 2.54. The Hall–Kier alpha value is -2.37. The number of nitrogens with one attached hydrogen (secondary N) is 1. The molecule has 1 fully saturated rings. The van der Waals surface area contributed by atoms with Crippen molar-refractivity contribution in [3.63, 3.8) is 0 Å². The van der Waals surface area contributed by atoms with Crippen LogP contribution in [0.5, 0.6) is 0 Å². The third kappa shape index (κ3) is 4.34. The lowest BCUT2D eigenvalue weighted by Crippen LogP contribution is -2.47. The van der Waals surface area contributed by atoms with Gasteiger partial charge in [0.2, 0.25) is 5.91 Å². The summed E-state index contributed by atoms with van der Waals surface area (Å²) in [7, 11) is 0. The normalized spacial score (nSPS) is 15.4. The molecule has 2 rings (SSSR count). The highest BCUT2D eigenvalue weighted by Crippen LogP contribution is 2.17. The zero-order chi connectivity index (χ0) is 17.9. The third-order valence-electron chi connectivity index (χ3n) is 4.22. The van der Waals surface area contributed by atoms with Crippen LogP contribution in [0.1, 0.15) is 53.0 Å². The van der Waals surface area contributed by atoms with E-state index in [1.165, 1.54) is 6.07 Å². The van der Waals surface area contributed by atoms with Gasteiger partial charge in [0.05, 0.1) is 5.56 Å². The van der Waals surface area contributed by atoms with Crippen LogP contribution >= 0.6 is 0 Å². The van der Waals surface area contributed by atoms with E-state index in [0.717, 1.165) is 5.56 Å². The van der Waals surface area contributed by atoms with Gasteiger partial charge in [-0.3, -0.25) is 9.59 Å². The highest BCUT2D eigenvalue weighted by Gasteiger charge is 2.25. The van der Waals surface area contributed by atoms with E-state index in [1.807, 2.05) is 13.8 Å². The summed E-state index contributed by atoms with van der Waals surface area (Å²) in [5.41, 5.74) is 1.27. The number of amides is 2. The van der Waals surface area contributed by atoms with Crippen molar-refractivity contribution in [3.8, 4) is 0 Å². The van der Waals surface area contributed by atoms with Gasteiger partial charge in [0.25, 0.3) is 5.91 Å². The second-order valence-electron chi connectivity index (χ2n) is 6.62. The fraction of sp³-hybridized carbons (Fsp3) is 0.500. The van der Waals surface area contributed by atoms with Gasteiger partial charge in [-0.05, 0) is 43.5 Å². The maximum atomic E-state index is 12.6. The first-order valence-electron chi connectivity index (χ1n) is 8.22. The van der Waals surface area contributed by atoms with Gasteiger partial charge in [0.15, 0.2) is 0 Å². The van der Waals surface area contributed by atoms with Crippen LogP contribution < -0.4 is 5.32 Å². The lowest BCUT2D eigenvalue weighted by atomic mass is 10.0. The van der Waals surface area contributed by atoms with E-state index in [4.69, 9.17) is 5.11 Å². The molecule has 6 nitrogen and oxygen atoms in total. The molecule has 0 unspecified atom stereocenters. The average molecular weight is 332 g/mol. The Kier molecular flexibility index (Phi) is 5.59. The van der Waals surface area contributed by atoms with Gasteiger partial charge in [-0.2, -0.15) is 0 Å². The molecule has 2 N–H and O–H groups in total. The van der Waals surface area contributed by atoms with Gasteiger partial charge in [-0.25, -0.2) is 4.79 Å². The largest absolute Gasteiger partial charge is 0.478 e. The van der Waals surface area contributed by atoms with Crippen molar-refractivity contribution >= 4 is 17.8 Å². The lowest BCUT2D eigenvalue weighted by molar-refractivity contribution is -0.124. The van der Waals surface area contributed by atoms with Crippen LogP contribution in [-0.2, 0) is 4.79 Å². The Morgan fingerprint density at radius 2 is 1.71 bits per heavy atom. The summed E-state index contributed by atoms with van der Waals surface area (Å²) in [4.78, 5) is 37.2. The van der Waals surface area contributed by atoms with Crippen LogP contribution in [0, 0.1) is 12.8 Å². The van der Waals surface area contributed by atoms with Crippen LogP contribution in [0.3, 0.4) is 0 Å². The molecule has 1 aliphatic heterocycles.